The molecule has 0 aliphatic carbocycles. The van der Waals surface area contributed by atoms with E-state index in [9.17, 15) is 0 Å². The van der Waals surface area contributed by atoms with E-state index in [-0.39, 0.29) is 0 Å². The molecule has 0 saturated carbocycles. The zero-order chi connectivity index (χ0) is 14.4. The molecule has 2 aromatic rings. The molecule has 0 saturated heterocycles. The number of ether oxygens (including phenoxy) is 3. The van der Waals surface area contributed by atoms with Gasteiger partial charge in [0.25, 0.3) is 0 Å². The number of halogens is 1. The summed E-state index contributed by atoms with van der Waals surface area (Å²) in [7, 11) is 3.26. The van der Waals surface area contributed by atoms with Crippen molar-refractivity contribution in [3.05, 3.63) is 53.6 Å². The van der Waals surface area contributed by atoms with E-state index in [0.717, 1.165) is 16.9 Å². The van der Waals surface area contributed by atoms with Crippen molar-refractivity contribution in [1.82, 2.24) is 0 Å². The Morgan fingerprint density at radius 2 is 1.75 bits per heavy atom. The summed E-state index contributed by atoms with van der Waals surface area (Å²) in [6, 6.07) is 13.5. The highest BCUT2D eigenvalue weighted by molar-refractivity contribution is 6.17. The molecule has 20 heavy (non-hydrogen) atoms. The van der Waals surface area contributed by atoms with Gasteiger partial charge in [0.05, 0.1) is 14.2 Å². The lowest BCUT2D eigenvalue weighted by molar-refractivity contribution is 0.283. The second-order valence-electron chi connectivity index (χ2n) is 4.26. The van der Waals surface area contributed by atoms with E-state index in [0.29, 0.717) is 24.0 Å². The number of rotatable bonds is 6. The zero-order valence-corrected chi connectivity index (χ0v) is 12.3. The average molecular weight is 293 g/mol. The first-order valence-electron chi connectivity index (χ1n) is 6.25. The van der Waals surface area contributed by atoms with E-state index >= 15 is 0 Å². The van der Waals surface area contributed by atoms with Crippen LogP contribution in [-0.2, 0) is 12.5 Å². The molecule has 0 radical (unpaired) electrons. The van der Waals surface area contributed by atoms with Crippen molar-refractivity contribution in [3.8, 4) is 17.2 Å². The van der Waals surface area contributed by atoms with Crippen molar-refractivity contribution in [2.24, 2.45) is 0 Å². The Bertz CT molecular complexity index is 569. The normalized spacial score (nSPS) is 10.2. The molecule has 0 atom stereocenters. The van der Waals surface area contributed by atoms with Gasteiger partial charge in [0.2, 0.25) is 0 Å². The molecule has 106 valence electrons. The Hall–Kier alpha value is -1.87. The fraction of sp³-hybridized carbons (Fsp3) is 0.250. The van der Waals surface area contributed by atoms with E-state index in [2.05, 4.69) is 0 Å². The van der Waals surface area contributed by atoms with Gasteiger partial charge in [-0.3, -0.25) is 0 Å². The van der Waals surface area contributed by atoms with E-state index in [1.165, 1.54) is 0 Å². The topological polar surface area (TPSA) is 27.7 Å². The first-order chi connectivity index (χ1) is 9.76. The molecular weight excluding hydrogens is 276 g/mol. The summed E-state index contributed by atoms with van der Waals surface area (Å²) in [4.78, 5) is 0. The van der Waals surface area contributed by atoms with Crippen LogP contribution in [0.15, 0.2) is 42.5 Å². The summed E-state index contributed by atoms with van der Waals surface area (Å²) in [5, 5.41) is 0. The van der Waals surface area contributed by atoms with Gasteiger partial charge in [0, 0.05) is 5.88 Å². The third kappa shape index (κ3) is 3.58. The highest BCUT2D eigenvalue weighted by atomic mass is 35.5. The molecule has 2 rings (SSSR count). The molecule has 0 bridgehead atoms. The van der Waals surface area contributed by atoms with E-state index in [4.69, 9.17) is 25.8 Å². The summed E-state index contributed by atoms with van der Waals surface area (Å²) >= 11 is 5.80. The van der Waals surface area contributed by atoms with Crippen LogP contribution in [0.3, 0.4) is 0 Å². The molecule has 0 heterocycles. The van der Waals surface area contributed by atoms with Crippen LogP contribution in [0, 0.1) is 0 Å². The molecule has 0 N–H and O–H groups in total. The van der Waals surface area contributed by atoms with Gasteiger partial charge in [-0.05, 0) is 35.4 Å². The molecule has 2 aromatic carbocycles. The summed E-state index contributed by atoms with van der Waals surface area (Å²) in [5.74, 6) is 2.65. The van der Waals surface area contributed by atoms with Gasteiger partial charge in [-0.1, -0.05) is 18.2 Å². The van der Waals surface area contributed by atoms with Crippen molar-refractivity contribution >= 4 is 11.6 Å². The van der Waals surface area contributed by atoms with Crippen LogP contribution in [0.2, 0.25) is 0 Å². The Morgan fingerprint density at radius 3 is 2.45 bits per heavy atom. The minimum atomic E-state index is 0.451. The second kappa shape index (κ2) is 7.06. The Kier molecular flexibility index (Phi) is 5.13. The standard InChI is InChI=1S/C16H17ClO3/c1-18-14-5-3-4-13(8-14)11-20-15-7-6-12(10-17)9-16(15)19-2/h3-9H,10-11H2,1-2H3. The minimum absolute atomic E-state index is 0.451. The fourth-order valence-corrected chi connectivity index (χ4v) is 2.00. The van der Waals surface area contributed by atoms with Crippen molar-refractivity contribution in [2.75, 3.05) is 14.2 Å². The smallest absolute Gasteiger partial charge is 0.161 e. The van der Waals surface area contributed by atoms with E-state index in [1.807, 2.05) is 42.5 Å². The average Bonchev–Trinajstić information content (AvgIpc) is 2.52. The van der Waals surface area contributed by atoms with Crippen LogP contribution in [0.1, 0.15) is 11.1 Å². The summed E-state index contributed by atoms with van der Waals surface area (Å²) in [5.41, 5.74) is 2.03. The third-order valence-corrected chi connectivity index (χ3v) is 3.22. The van der Waals surface area contributed by atoms with E-state index in [1.54, 1.807) is 14.2 Å². The van der Waals surface area contributed by atoms with Crippen LogP contribution >= 0.6 is 11.6 Å². The number of hydrogen-bond donors (Lipinski definition) is 0. The van der Waals surface area contributed by atoms with Crippen LogP contribution in [0.4, 0.5) is 0 Å². The first-order valence-corrected chi connectivity index (χ1v) is 6.79. The van der Waals surface area contributed by atoms with Crippen LogP contribution in [-0.4, -0.2) is 14.2 Å². The second-order valence-corrected chi connectivity index (χ2v) is 4.53. The summed E-state index contributed by atoms with van der Waals surface area (Å²) in [6.07, 6.45) is 0. The Balaban J connectivity index is 2.10. The van der Waals surface area contributed by atoms with Gasteiger partial charge >= 0.3 is 0 Å². The summed E-state index contributed by atoms with van der Waals surface area (Å²) < 4.78 is 16.3. The monoisotopic (exact) mass is 292 g/mol. The van der Waals surface area contributed by atoms with Crippen LogP contribution in [0.5, 0.6) is 17.2 Å². The molecule has 4 heteroatoms. The predicted molar refractivity (Wildman–Crippen MR) is 79.9 cm³/mol. The lowest BCUT2D eigenvalue weighted by Crippen LogP contribution is -1.98. The molecule has 0 aliphatic heterocycles. The maximum absolute atomic E-state index is 5.80. The summed E-state index contributed by atoms with van der Waals surface area (Å²) in [6.45, 7) is 0.452. The third-order valence-electron chi connectivity index (χ3n) is 2.91. The molecule has 0 unspecified atom stereocenters. The van der Waals surface area contributed by atoms with Crippen molar-refractivity contribution in [1.29, 1.82) is 0 Å². The molecule has 0 aliphatic rings. The molecule has 0 amide bonds. The number of methoxy groups -OCH3 is 2. The van der Waals surface area contributed by atoms with E-state index < -0.39 is 0 Å². The quantitative estimate of drug-likeness (QED) is 0.753. The maximum atomic E-state index is 5.80. The zero-order valence-electron chi connectivity index (χ0n) is 11.6. The maximum Gasteiger partial charge on any atom is 0.161 e. The van der Waals surface area contributed by atoms with Gasteiger partial charge in [-0.2, -0.15) is 0 Å². The van der Waals surface area contributed by atoms with Gasteiger partial charge in [-0.15, -0.1) is 11.6 Å². The molecule has 3 nitrogen and oxygen atoms in total. The lowest BCUT2D eigenvalue weighted by Gasteiger charge is -2.12. The first kappa shape index (κ1) is 14.5. The predicted octanol–water partition coefficient (Wildman–Crippen LogP) is 4.02. The molecule has 0 spiro atoms. The molecular formula is C16H17ClO3. The van der Waals surface area contributed by atoms with Gasteiger partial charge < -0.3 is 14.2 Å². The minimum Gasteiger partial charge on any atom is -0.497 e. The number of benzene rings is 2. The van der Waals surface area contributed by atoms with Gasteiger partial charge in [-0.25, -0.2) is 0 Å². The number of hydrogen-bond acceptors (Lipinski definition) is 3. The van der Waals surface area contributed by atoms with Crippen LogP contribution < -0.4 is 14.2 Å². The van der Waals surface area contributed by atoms with Crippen molar-refractivity contribution in [3.63, 3.8) is 0 Å². The SMILES string of the molecule is COc1cccc(COc2ccc(CCl)cc2OC)c1. The van der Waals surface area contributed by atoms with Crippen LogP contribution in [0.25, 0.3) is 0 Å². The number of alkyl halides is 1. The highest BCUT2D eigenvalue weighted by Gasteiger charge is 2.06. The van der Waals surface area contributed by atoms with Gasteiger partial charge in [0.15, 0.2) is 11.5 Å². The Labute approximate surface area is 124 Å². The van der Waals surface area contributed by atoms with Gasteiger partial charge in [0.1, 0.15) is 12.4 Å². The lowest BCUT2D eigenvalue weighted by atomic mass is 10.2. The largest absolute Gasteiger partial charge is 0.497 e. The molecule has 0 aromatic heterocycles. The Morgan fingerprint density at radius 1 is 0.900 bits per heavy atom. The molecule has 0 fully saturated rings. The van der Waals surface area contributed by atoms with Crippen molar-refractivity contribution < 1.29 is 14.2 Å². The van der Waals surface area contributed by atoms with Crippen molar-refractivity contribution in [2.45, 2.75) is 12.5 Å². The fourth-order valence-electron chi connectivity index (χ4n) is 1.84. The highest BCUT2D eigenvalue weighted by Crippen LogP contribution is 2.29.